The van der Waals surface area contributed by atoms with Gasteiger partial charge in [-0.1, -0.05) is 58.4 Å². The van der Waals surface area contributed by atoms with Crippen LogP contribution in [0, 0.1) is 0 Å². The molecular weight excluding hydrogens is 338 g/mol. The number of halogens is 1. The smallest absolute Gasteiger partial charge is 0.192 e. The highest BCUT2D eigenvalue weighted by Gasteiger charge is 2.22. The van der Waals surface area contributed by atoms with Crippen LogP contribution in [0.2, 0.25) is 0 Å². The molecule has 2 aromatic rings. The van der Waals surface area contributed by atoms with Crippen molar-refractivity contribution in [3.63, 3.8) is 0 Å². The van der Waals surface area contributed by atoms with Gasteiger partial charge in [0.15, 0.2) is 5.96 Å². The molecule has 3 nitrogen and oxygen atoms in total. The summed E-state index contributed by atoms with van der Waals surface area (Å²) in [5, 5.41) is 6.61. The molecule has 1 unspecified atom stereocenters. The van der Waals surface area contributed by atoms with Crippen molar-refractivity contribution < 1.29 is 0 Å². The minimum Gasteiger partial charge on any atom is -0.355 e. The summed E-state index contributed by atoms with van der Waals surface area (Å²) >= 11 is 3.59. The molecule has 0 aromatic heterocycles. The van der Waals surface area contributed by atoms with Gasteiger partial charge in [-0.05, 0) is 34.4 Å². The highest BCUT2D eigenvalue weighted by atomic mass is 79.9. The van der Waals surface area contributed by atoms with Gasteiger partial charge in [0.25, 0.3) is 0 Å². The van der Waals surface area contributed by atoms with Crippen LogP contribution in [0.5, 0.6) is 0 Å². The van der Waals surface area contributed by atoms with Gasteiger partial charge in [0.1, 0.15) is 6.04 Å². The lowest BCUT2D eigenvalue weighted by atomic mass is 9.95. The molecule has 110 valence electrons. The first-order valence-corrected chi connectivity index (χ1v) is 8.22. The van der Waals surface area contributed by atoms with Gasteiger partial charge in [-0.25, -0.2) is 4.99 Å². The summed E-state index contributed by atoms with van der Waals surface area (Å²) in [5.74, 6) is 0.882. The first-order valence-electron chi connectivity index (χ1n) is 7.43. The number of nitrogens with zero attached hydrogens (tertiary/aromatic N) is 1. The second-order valence-electron chi connectivity index (χ2n) is 5.47. The number of guanidine groups is 1. The van der Waals surface area contributed by atoms with Gasteiger partial charge >= 0.3 is 0 Å². The Morgan fingerprint density at radius 2 is 1.64 bits per heavy atom. The van der Waals surface area contributed by atoms with Crippen molar-refractivity contribution in [1.29, 1.82) is 0 Å². The Labute approximate surface area is 138 Å². The number of hydrogen-bond acceptors (Lipinski definition) is 1. The zero-order valence-corrected chi connectivity index (χ0v) is 13.6. The van der Waals surface area contributed by atoms with Crippen LogP contribution in [0.25, 0.3) is 12.2 Å². The Hall–Kier alpha value is -2.07. The molecule has 4 heteroatoms. The van der Waals surface area contributed by atoms with E-state index >= 15 is 0 Å². The van der Waals surface area contributed by atoms with Crippen LogP contribution in [0.15, 0.2) is 51.9 Å². The quantitative estimate of drug-likeness (QED) is 0.822. The molecule has 1 saturated heterocycles. The summed E-state index contributed by atoms with van der Waals surface area (Å²) in [5.41, 5.74) is 4.89. The third kappa shape index (κ3) is 2.44. The highest BCUT2D eigenvalue weighted by molar-refractivity contribution is 9.10. The van der Waals surface area contributed by atoms with Gasteiger partial charge in [0, 0.05) is 17.6 Å². The normalized spacial score (nSPS) is 18.8. The predicted molar refractivity (Wildman–Crippen MR) is 94.8 cm³/mol. The third-order valence-electron chi connectivity index (χ3n) is 4.04. The summed E-state index contributed by atoms with van der Waals surface area (Å²) in [6.45, 7) is 1.85. The summed E-state index contributed by atoms with van der Waals surface area (Å²) < 4.78 is 1.08. The maximum atomic E-state index is 4.95. The Balaban J connectivity index is 1.92. The minimum absolute atomic E-state index is 0.00759. The maximum absolute atomic E-state index is 4.95. The van der Waals surface area contributed by atoms with E-state index in [1.807, 2.05) is 0 Å². The number of nitrogens with one attached hydrogen (secondary N) is 2. The average molecular weight is 354 g/mol. The van der Waals surface area contributed by atoms with Crippen molar-refractivity contribution in [1.82, 2.24) is 10.6 Å². The van der Waals surface area contributed by atoms with E-state index in [9.17, 15) is 0 Å². The topological polar surface area (TPSA) is 36.4 Å². The third-order valence-corrected chi connectivity index (χ3v) is 4.54. The molecular formula is C18H16BrN3. The lowest BCUT2D eigenvalue weighted by molar-refractivity contribution is 0.851. The molecule has 2 aromatic carbocycles. The summed E-state index contributed by atoms with van der Waals surface area (Å²) in [6.07, 6.45) is 4.36. The molecule has 1 aliphatic heterocycles. The standard InChI is InChI=1S/C18H16BrN3/c19-14-8-7-13-6-5-12-3-1-2-4-15(12)17(16(13)11-14)22-18-20-9-10-21-18/h1-8,11,17H,9-10H2,(H2,20,21,22). The largest absolute Gasteiger partial charge is 0.355 e. The molecule has 0 amide bonds. The lowest BCUT2D eigenvalue weighted by Gasteiger charge is -2.17. The SMILES string of the molecule is Brc1ccc2c(c1)C(N=C1NCCN1)c1ccccc1C=C2. The van der Waals surface area contributed by atoms with Crippen LogP contribution < -0.4 is 10.6 Å². The van der Waals surface area contributed by atoms with Gasteiger partial charge in [0.2, 0.25) is 0 Å². The Kier molecular flexibility index (Phi) is 3.47. The monoisotopic (exact) mass is 353 g/mol. The Morgan fingerprint density at radius 3 is 2.45 bits per heavy atom. The Bertz CT molecular complexity index is 772. The van der Waals surface area contributed by atoms with Crippen molar-refractivity contribution >= 4 is 34.0 Å². The predicted octanol–water partition coefficient (Wildman–Crippen LogP) is 3.57. The number of hydrogen-bond donors (Lipinski definition) is 2. The molecule has 4 rings (SSSR count). The number of fused-ring (bicyclic) bond motifs is 2. The molecule has 0 spiro atoms. The molecule has 1 heterocycles. The van der Waals surface area contributed by atoms with E-state index in [0.29, 0.717) is 0 Å². The van der Waals surface area contributed by atoms with Crippen LogP contribution in [-0.2, 0) is 0 Å². The molecule has 0 bridgehead atoms. The van der Waals surface area contributed by atoms with E-state index in [2.05, 4.69) is 81.2 Å². The van der Waals surface area contributed by atoms with Gasteiger partial charge in [0.05, 0.1) is 0 Å². The van der Waals surface area contributed by atoms with Crippen molar-refractivity contribution in [2.75, 3.05) is 13.1 Å². The Morgan fingerprint density at radius 1 is 0.909 bits per heavy atom. The van der Waals surface area contributed by atoms with Gasteiger partial charge in [-0.15, -0.1) is 0 Å². The number of rotatable bonds is 1. The molecule has 1 aliphatic carbocycles. The van der Waals surface area contributed by atoms with Crippen LogP contribution in [0.3, 0.4) is 0 Å². The molecule has 2 N–H and O–H groups in total. The average Bonchev–Trinajstić information content (AvgIpc) is 3.00. The summed E-state index contributed by atoms with van der Waals surface area (Å²) in [7, 11) is 0. The molecule has 1 fully saturated rings. The maximum Gasteiger partial charge on any atom is 0.192 e. The van der Waals surface area contributed by atoms with Crippen molar-refractivity contribution in [3.05, 3.63) is 69.2 Å². The molecule has 2 aliphatic rings. The number of aliphatic imine (C=N–C) groups is 1. The minimum atomic E-state index is -0.00759. The molecule has 0 radical (unpaired) electrons. The number of benzene rings is 2. The van der Waals surface area contributed by atoms with Crippen LogP contribution in [-0.4, -0.2) is 19.0 Å². The molecule has 22 heavy (non-hydrogen) atoms. The summed E-state index contributed by atoms with van der Waals surface area (Å²) in [4.78, 5) is 4.95. The van der Waals surface area contributed by atoms with Gasteiger partial charge < -0.3 is 10.6 Å². The van der Waals surface area contributed by atoms with Crippen LogP contribution in [0.1, 0.15) is 28.3 Å². The summed E-state index contributed by atoms with van der Waals surface area (Å²) in [6, 6.07) is 14.9. The van der Waals surface area contributed by atoms with E-state index in [1.165, 1.54) is 22.3 Å². The molecule has 0 saturated carbocycles. The van der Waals surface area contributed by atoms with Crippen LogP contribution in [0.4, 0.5) is 0 Å². The van der Waals surface area contributed by atoms with Crippen molar-refractivity contribution in [2.45, 2.75) is 6.04 Å². The second kappa shape index (κ2) is 5.61. The van der Waals surface area contributed by atoms with E-state index in [4.69, 9.17) is 4.99 Å². The fourth-order valence-corrected chi connectivity index (χ4v) is 3.36. The highest BCUT2D eigenvalue weighted by Crippen LogP contribution is 2.36. The fraction of sp³-hybridized carbons (Fsp3) is 0.167. The molecule has 1 atom stereocenters. The van der Waals surface area contributed by atoms with Crippen LogP contribution >= 0.6 is 15.9 Å². The lowest BCUT2D eigenvalue weighted by Crippen LogP contribution is -2.25. The second-order valence-corrected chi connectivity index (χ2v) is 6.38. The first-order chi connectivity index (χ1) is 10.8. The first kappa shape index (κ1) is 13.6. The van der Waals surface area contributed by atoms with E-state index in [-0.39, 0.29) is 6.04 Å². The zero-order chi connectivity index (χ0) is 14.9. The van der Waals surface area contributed by atoms with E-state index < -0.39 is 0 Å². The van der Waals surface area contributed by atoms with Gasteiger partial charge in [-0.2, -0.15) is 0 Å². The van der Waals surface area contributed by atoms with Crippen molar-refractivity contribution in [2.24, 2.45) is 4.99 Å². The van der Waals surface area contributed by atoms with Gasteiger partial charge in [-0.3, -0.25) is 0 Å². The fourth-order valence-electron chi connectivity index (χ4n) is 2.98. The zero-order valence-electron chi connectivity index (χ0n) is 12.0. The van der Waals surface area contributed by atoms with Crippen molar-refractivity contribution in [3.8, 4) is 0 Å². The van der Waals surface area contributed by atoms with E-state index in [1.54, 1.807) is 0 Å². The van der Waals surface area contributed by atoms with E-state index in [0.717, 1.165) is 23.5 Å².